The first-order valence-electron chi connectivity index (χ1n) is 6.61. The zero-order valence-electron chi connectivity index (χ0n) is 12.6. The molecule has 0 aromatic heterocycles. The second-order valence-corrected chi connectivity index (χ2v) is 6.75. The highest BCUT2D eigenvalue weighted by Gasteiger charge is 2.24. The van der Waals surface area contributed by atoms with Crippen molar-refractivity contribution in [1.82, 2.24) is 5.32 Å². The molecule has 0 saturated carbocycles. The van der Waals surface area contributed by atoms with Crippen LogP contribution in [0.25, 0.3) is 0 Å². The average Bonchev–Trinajstić information content (AvgIpc) is 2.25. The highest BCUT2D eigenvalue weighted by Crippen LogP contribution is 2.31. The molecular formula is C16H27NO. The zero-order valence-corrected chi connectivity index (χ0v) is 12.6. The summed E-state index contributed by atoms with van der Waals surface area (Å²) < 4.78 is 0. The Morgan fingerprint density at radius 1 is 1.11 bits per heavy atom. The summed E-state index contributed by atoms with van der Waals surface area (Å²) in [4.78, 5) is 0. The Labute approximate surface area is 111 Å². The number of hydrogen-bond donors (Lipinski definition) is 2. The molecule has 0 aliphatic heterocycles. The number of aryl methyl sites for hydroxylation is 1. The maximum Gasteiger partial charge on any atom is 0.0931 e. The van der Waals surface area contributed by atoms with Gasteiger partial charge in [0.2, 0.25) is 0 Å². The average molecular weight is 249 g/mol. The van der Waals surface area contributed by atoms with Crippen LogP contribution in [-0.2, 0) is 10.8 Å². The van der Waals surface area contributed by atoms with Gasteiger partial charge in [-0.05, 0) is 29.0 Å². The summed E-state index contributed by atoms with van der Waals surface area (Å²) in [5, 5.41) is 11.9. The maximum absolute atomic E-state index is 8.92. The Hall–Kier alpha value is -0.860. The normalized spacial score (nSPS) is 12.8. The van der Waals surface area contributed by atoms with E-state index < -0.39 is 0 Å². The van der Waals surface area contributed by atoms with Crippen LogP contribution in [0.4, 0.5) is 0 Å². The van der Waals surface area contributed by atoms with Crippen molar-refractivity contribution in [2.45, 2.75) is 52.4 Å². The summed E-state index contributed by atoms with van der Waals surface area (Å²) in [7, 11) is 0. The number of aliphatic hydroxyl groups is 1. The SMILES string of the molecule is Cc1ccc(C(C)(C)C)cc1C(C)(C)CNCO. The van der Waals surface area contributed by atoms with Crippen LogP contribution in [0, 0.1) is 6.92 Å². The first kappa shape index (κ1) is 15.2. The minimum Gasteiger partial charge on any atom is -0.381 e. The summed E-state index contributed by atoms with van der Waals surface area (Å²) >= 11 is 0. The molecule has 0 spiro atoms. The fourth-order valence-electron chi connectivity index (χ4n) is 2.28. The molecule has 0 aliphatic carbocycles. The molecule has 1 rings (SSSR count). The fourth-order valence-corrected chi connectivity index (χ4v) is 2.28. The van der Waals surface area contributed by atoms with Crippen molar-refractivity contribution in [3.63, 3.8) is 0 Å². The van der Waals surface area contributed by atoms with Gasteiger partial charge in [0.25, 0.3) is 0 Å². The van der Waals surface area contributed by atoms with Crippen LogP contribution in [-0.4, -0.2) is 18.4 Å². The molecule has 0 aliphatic rings. The van der Waals surface area contributed by atoms with Gasteiger partial charge in [0.15, 0.2) is 0 Å². The van der Waals surface area contributed by atoms with E-state index in [0.29, 0.717) is 0 Å². The second-order valence-electron chi connectivity index (χ2n) is 6.75. The minimum absolute atomic E-state index is 0.0219. The van der Waals surface area contributed by atoms with Gasteiger partial charge >= 0.3 is 0 Å². The molecule has 0 radical (unpaired) electrons. The molecule has 0 bridgehead atoms. The van der Waals surface area contributed by atoms with Crippen molar-refractivity contribution in [2.75, 3.05) is 13.3 Å². The van der Waals surface area contributed by atoms with E-state index in [4.69, 9.17) is 5.11 Å². The van der Waals surface area contributed by atoms with E-state index in [-0.39, 0.29) is 17.6 Å². The monoisotopic (exact) mass is 249 g/mol. The van der Waals surface area contributed by atoms with Gasteiger partial charge in [-0.15, -0.1) is 0 Å². The molecule has 1 aromatic carbocycles. The highest BCUT2D eigenvalue weighted by molar-refractivity contribution is 5.39. The van der Waals surface area contributed by atoms with Crippen LogP contribution in [0.1, 0.15) is 51.3 Å². The second kappa shape index (κ2) is 5.41. The van der Waals surface area contributed by atoms with E-state index in [1.165, 1.54) is 16.7 Å². The van der Waals surface area contributed by atoms with Gasteiger partial charge in [0, 0.05) is 12.0 Å². The molecule has 0 atom stereocenters. The summed E-state index contributed by atoms with van der Waals surface area (Å²) in [6.45, 7) is 14.1. The molecular weight excluding hydrogens is 222 g/mol. The molecule has 0 saturated heterocycles. The zero-order chi connectivity index (χ0) is 14.0. The van der Waals surface area contributed by atoms with Gasteiger partial charge in [-0.3, -0.25) is 5.32 Å². The van der Waals surface area contributed by atoms with Gasteiger partial charge in [0.1, 0.15) is 0 Å². The predicted octanol–water partition coefficient (Wildman–Crippen LogP) is 3.11. The largest absolute Gasteiger partial charge is 0.381 e. The van der Waals surface area contributed by atoms with Crippen LogP contribution >= 0.6 is 0 Å². The summed E-state index contributed by atoms with van der Waals surface area (Å²) in [5.41, 5.74) is 4.22. The van der Waals surface area contributed by atoms with Gasteiger partial charge in [0.05, 0.1) is 6.73 Å². The Morgan fingerprint density at radius 3 is 2.22 bits per heavy atom. The molecule has 1 aromatic rings. The lowest BCUT2D eigenvalue weighted by Gasteiger charge is -2.30. The number of rotatable bonds is 4. The Morgan fingerprint density at radius 2 is 1.72 bits per heavy atom. The molecule has 0 unspecified atom stereocenters. The molecule has 0 heterocycles. The van der Waals surface area contributed by atoms with Crippen LogP contribution in [0.15, 0.2) is 18.2 Å². The topological polar surface area (TPSA) is 32.3 Å². The molecule has 2 heteroatoms. The number of hydrogen-bond acceptors (Lipinski definition) is 2. The standard InChI is InChI=1S/C16H27NO/c1-12-7-8-13(15(2,3)4)9-14(12)16(5,6)10-17-11-18/h7-9,17-18H,10-11H2,1-6H3. The third kappa shape index (κ3) is 3.56. The van der Waals surface area contributed by atoms with Gasteiger partial charge in [-0.2, -0.15) is 0 Å². The van der Waals surface area contributed by atoms with Crippen molar-refractivity contribution >= 4 is 0 Å². The van der Waals surface area contributed by atoms with Crippen LogP contribution in [0.5, 0.6) is 0 Å². The number of nitrogens with one attached hydrogen (secondary N) is 1. The lowest BCUT2D eigenvalue weighted by molar-refractivity contribution is 0.247. The Balaban J connectivity index is 3.15. The van der Waals surface area contributed by atoms with E-state index in [9.17, 15) is 0 Å². The third-order valence-corrected chi connectivity index (χ3v) is 3.51. The van der Waals surface area contributed by atoms with E-state index >= 15 is 0 Å². The van der Waals surface area contributed by atoms with Crippen molar-refractivity contribution in [1.29, 1.82) is 0 Å². The molecule has 2 nitrogen and oxygen atoms in total. The molecule has 2 N–H and O–H groups in total. The van der Waals surface area contributed by atoms with Crippen molar-refractivity contribution < 1.29 is 5.11 Å². The summed E-state index contributed by atoms with van der Waals surface area (Å²) in [6, 6.07) is 6.74. The fraction of sp³-hybridized carbons (Fsp3) is 0.625. The van der Waals surface area contributed by atoms with Gasteiger partial charge in [-0.1, -0.05) is 52.8 Å². The molecule has 0 fully saturated rings. The van der Waals surface area contributed by atoms with Gasteiger partial charge in [-0.25, -0.2) is 0 Å². The molecule has 0 amide bonds. The van der Waals surface area contributed by atoms with E-state index in [1.807, 2.05) is 0 Å². The summed E-state index contributed by atoms with van der Waals surface area (Å²) in [6.07, 6.45) is 0. The van der Waals surface area contributed by atoms with Crippen LogP contribution < -0.4 is 5.32 Å². The van der Waals surface area contributed by atoms with Crippen molar-refractivity contribution in [3.8, 4) is 0 Å². The highest BCUT2D eigenvalue weighted by atomic mass is 16.3. The predicted molar refractivity (Wildman–Crippen MR) is 78.0 cm³/mol. The number of aliphatic hydroxyl groups excluding tert-OH is 1. The quantitative estimate of drug-likeness (QED) is 0.804. The van der Waals surface area contributed by atoms with Gasteiger partial charge < -0.3 is 5.11 Å². The first-order valence-corrected chi connectivity index (χ1v) is 6.61. The molecule has 18 heavy (non-hydrogen) atoms. The molecule has 102 valence electrons. The van der Waals surface area contributed by atoms with Crippen molar-refractivity contribution in [2.24, 2.45) is 0 Å². The van der Waals surface area contributed by atoms with Crippen LogP contribution in [0.3, 0.4) is 0 Å². The van der Waals surface area contributed by atoms with Crippen LogP contribution in [0.2, 0.25) is 0 Å². The Bertz CT molecular complexity index is 402. The Kier molecular flexibility index (Phi) is 4.57. The number of benzene rings is 1. The van der Waals surface area contributed by atoms with E-state index in [2.05, 4.69) is 65.1 Å². The smallest absolute Gasteiger partial charge is 0.0931 e. The third-order valence-electron chi connectivity index (χ3n) is 3.51. The lowest BCUT2D eigenvalue weighted by Crippen LogP contribution is -2.34. The van der Waals surface area contributed by atoms with E-state index in [1.54, 1.807) is 0 Å². The lowest BCUT2D eigenvalue weighted by atomic mass is 9.77. The first-order chi connectivity index (χ1) is 8.18. The van der Waals surface area contributed by atoms with Crippen molar-refractivity contribution in [3.05, 3.63) is 34.9 Å². The summed E-state index contributed by atoms with van der Waals surface area (Å²) in [5.74, 6) is 0. The maximum atomic E-state index is 8.92. The minimum atomic E-state index is 0.0219. The van der Waals surface area contributed by atoms with E-state index in [0.717, 1.165) is 6.54 Å².